The number of hydrogen-bond acceptors (Lipinski definition) is 8. The van der Waals surface area contributed by atoms with E-state index in [2.05, 4.69) is 81.1 Å². The van der Waals surface area contributed by atoms with Crippen LogP contribution in [-0.2, 0) is 27.9 Å². The zero-order valence-corrected chi connectivity index (χ0v) is 37.7. The van der Waals surface area contributed by atoms with E-state index in [0.717, 1.165) is 23.0 Å². The lowest BCUT2D eigenvalue weighted by Crippen LogP contribution is -2.67. The smallest absolute Gasteiger partial charge is 0.468 e. The van der Waals surface area contributed by atoms with Crippen LogP contribution in [0.5, 0.6) is 5.75 Å². The molecule has 1 aliphatic rings. The molecular weight excluding hydrogens is 733 g/mol. The van der Waals surface area contributed by atoms with Gasteiger partial charge in [0.15, 0.2) is 6.79 Å². The highest BCUT2D eigenvalue weighted by atomic mass is 28.4. The minimum absolute atomic E-state index is 0.136. The minimum Gasteiger partial charge on any atom is -0.468 e. The first-order valence-electron chi connectivity index (χ1n) is 20.2. The van der Waals surface area contributed by atoms with Gasteiger partial charge in [0.1, 0.15) is 11.4 Å². The summed E-state index contributed by atoms with van der Waals surface area (Å²) in [7, 11) is -1.80. The van der Waals surface area contributed by atoms with Crippen molar-refractivity contribution >= 4 is 37.4 Å². The molecule has 0 radical (unpaired) electrons. The molecule has 11 heteroatoms. The Morgan fingerprint density at radius 1 is 0.895 bits per heavy atom. The van der Waals surface area contributed by atoms with Crippen molar-refractivity contribution in [3.8, 4) is 17.6 Å². The van der Waals surface area contributed by atoms with Crippen LogP contribution in [0, 0.1) is 18.8 Å². The van der Waals surface area contributed by atoms with Crippen molar-refractivity contribution in [1.29, 1.82) is 0 Å². The quantitative estimate of drug-likeness (QED) is 0.0634. The van der Waals surface area contributed by atoms with Crippen molar-refractivity contribution in [1.82, 2.24) is 4.90 Å². The first-order chi connectivity index (χ1) is 26.7. The van der Waals surface area contributed by atoms with Crippen LogP contribution in [-0.4, -0.2) is 89.5 Å². The molecule has 0 N–H and O–H groups in total. The molecule has 4 rings (SSSR count). The lowest BCUT2D eigenvalue weighted by atomic mass is 9.74. The van der Waals surface area contributed by atoms with Crippen LogP contribution in [0.3, 0.4) is 0 Å². The number of nitrogens with zero attached hydrogens (tertiary/aromatic N) is 1. The van der Waals surface area contributed by atoms with E-state index in [1.54, 1.807) is 12.0 Å². The molecule has 0 aromatic heterocycles. The second-order valence-electron chi connectivity index (χ2n) is 17.9. The lowest BCUT2D eigenvalue weighted by molar-refractivity contribution is 0.00377. The molecule has 57 heavy (non-hydrogen) atoms. The van der Waals surface area contributed by atoms with Gasteiger partial charge in [-0.3, -0.25) is 0 Å². The van der Waals surface area contributed by atoms with Crippen molar-refractivity contribution in [3.05, 3.63) is 83.9 Å². The fourth-order valence-corrected chi connectivity index (χ4v) is 11.6. The van der Waals surface area contributed by atoms with Crippen molar-refractivity contribution in [3.63, 3.8) is 0 Å². The van der Waals surface area contributed by atoms with Crippen molar-refractivity contribution in [2.24, 2.45) is 0 Å². The van der Waals surface area contributed by atoms with E-state index >= 15 is 0 Å². The average molecular weight is 800 g/mol. The van der Waals surface area contributed by atoms with Crippen LogP contribution in [0.25, 0.3) is 0 Å². The van der Waals surface area contributed by atoms with Gasteiger partial charge in [-0.25, -0.2) is 4.79 Å². The molecule has 3 aromatic rings. The van der Waals surface area contributed by atoms with Crippen LogP contribution in [0.1, 0.15) is 100 Å². The molecule has 3 aromatic carbocycles. The number of hydrogen-bond donors (Lipinski definition) is 0. The first kappa shape index (κ1) is 46.1. The highest BCUT2D eigenvalue weighted by molar-refractivity contribution is 6.99. The van der Waals surface area contributed by atoms with E-state index in [-0.39, 0.29) is 24.0 Å². The molecule has 0 spiro atoms. The molecule has 9 nitrogen and oxygen atoms in total. The van der Waals surface area contributed by atoms with Crippen LogP contribution in [0.2, 0.25) is 5.04 Å². The normalized spacial score (nSPS) is 15.8. The van der Waals surface area contributed by atoms with Gasteiger partial charge in [0, 0.05) is 37.7 Å². The van der Waals surface area contributed by atoms with E-state index < -0.39 is 32.2 Å². The predicted molar refractivity (Wildman–Crippen MR) is 232 cm³/mol. The van der Waals surface area contributed by atoms with E-state index in [0.29, 0.717) is 38.5 Å². The molecule has 1 atom stereocenters. The molecule has 310 valence electrons. The topological polar surface area (TPSA) is 84.9 Å². The van der Waals surface area contributed by atoms with Crippen LogP contribution >= 0.6 is 0 Å². The Balaban J connectivity index is 1.43. The van der Waals surface area contributed by atoms with E-state index in [9.17, 15) is 4.79 Å². The van der Waals surface area contributed by atoms with Gasteiger partial charge in [0.05, 0.1) is 30.5 Å². The van der Waals surface area contributed by atoms with Gasteiger partial charge in [0.25, 0.3) is 8.32 Å². The number of rotatable bonds is 16. The summed E-state index contributed by atoms with van der Waals surface area (Å²) in [5.41, 5.74) is 1.02. The Hall–Kier alpha value is -3.63. The standard InChI is InChI=1S/C46H66BNO8Si/c1-35-31-37(52-34-50-13)32-41(47-55-45(9,10)46(11,12)56-47)40(35)27-21-16-22-29-51-30-28-48(42(49)54-43(3,4)5)36(2)33-53-57(44(6,7)8,38-23-17-14-18-24-38)39-25-19-15-20-26-39/h14-15,17-20,23-26,31-32,36H,16,22,28-30,33-34H2,1-13H3/t36-/m0/s1. The number of unbranched alkanes of at least 4 members (excludes halogenated alkanes) is 1. The maximum Gasteiger partial charge on any atom is 0.496 e. The highest BCUT2D eigenvalue weighted by Crippen LogP contribution is 2.38. The monoisotopic (exact) mass is 799 g/mol. The molecule has 1 saturated heterocycles. The van der Waals surface area contributed by atoms with Gasteiger partial charge >= 0.3 is 13.2 Å². The van der Waals surface area contributed by atoms with Gasteiger partial charge in [-0.15, -0.1) is 0 Å². The predicted octanol–water partition coefficient (Wildman–Crippen LogP) is 7.63. The molecule has 0 bridgehead atoms. The molecule has 0 unspecified atom stereocenters. The zero-order chi connectivity index (χ0) is 42.1. The van der Waals surface area contributed by atoms with Crippen molar-refractivity contribution in [2.75, 3.05) is 40.3 Å². The molecule has 1 fully saturated rings. The summed E-state index contributed by atoms with van der Waals surface area (Å²) in [6.45, 7) is 26.3. The molecular formula is C46H66BNO8Si. The van der Waals surface area contributed by atoms with E-state index in [4.69, 9.17) is 32.7 Å². The third kappa shape index (κ3) is 11.7. The summed E-state index contributed by atoms with van der Waals surface area (Å²) in [6, 6.07) is 24.7. The number of aryl methyl sites for hydroxylation is 1. The van der Waals surface area contributed by atoms with Crippen LogP contribution in [0.4, 0.5) is 4.79 Å². The summed E-state index contributed by atoms with van der Waals surface area (Å²) in [5.74, 6) is 7.39. The summed E-state index contributed by atoms with van der Waals surface area (Å²) in [5, 5.41) is 2.20. The minimum atomic E-state index is -2.81. The number of amides is 1. The number of carbonyl (C=O) groups is 1. The van der Waals surface area contributed by atoms with Gasteiger partial charge in [-0.1, -0.05) is 93.3 Å². The summed E-state index contributed by atoms with van der Waals surface area (Å²) >= 11 is 0. The summed E-state index contributed by atoms with van der Waals surface area (Å²) < 4.78 is 42.9. The molecule has 0 aliphatic carbocycles. The Morgan fingerprint density at radius 3 is 2.00 bits per heavy atom. The summed E-state index contributed by atoms with van der Waals surface area (Å²) in [6.07, 6.45) is 0.969. The Bertz CT molecular complexity index is 1760. The summed E-state index contributed by atoms with van der Waals surface area (Å²) in [4.78, 5) is 15.4. The molecule has 1 aliphatic heterocycles. The molecule has 1 heterocycles. The maximum absolute atomic E-state index is 13.6. The number of benzene rings is 3. The fourth-order valence-electron chi connectivity index (χ4n) is 6.91. The number of methoxy groups -OCH3 is 1. The SMILES string of the molecule is COCOc1cc(C)c(C#CCCCOCCN(C(=O)OC(C)(C)C)[C@@H](C)CO[Si](c2ccccc2)(c2ccccc2)C(C)(C)C)c(B2OC(C)(C)C(C)(C)O2)c1. The number of ether oxygens (including phenoxy) is 4. The maximum atomic E-state index is 13.6. The highest BCUT2D eigenvalue weighted by Gasteiger charge is 2.53. The average Bonchev–Trinajstić information content (AvgIpc) is 3.35. The van der Waals surface area contributed by atoms with E-state index in [1.807, 2.05) is 86.6 Å². The largest absolute Gasteiger partial charge is 0.496 e. The second-order valence-corrected chi connectivity index (χ2v) is 22.2. The number of carbonyl (C=O) groups excluding carboxylic acids is 1. The lowest BCUT2D eigenvalue weighted by Gasteiger charge is -2.44. The Kier molecular flexibility index (Phi) is 15.7. The third-order valence-corrected chi connectivity index (χ3v) is 15.6. The van der Waals surface area contributed by atoms with Gasteiger partial charge in [-0.2, -0.15) is 0 Å². The van der Waals surface area contributed by atoms with Crippen LogP contribution < -0.4 is 20.6 Å². The van der Waals surface area contributed by atoms with Crippen molar-refractivity contribution < 1.29 is 37.5 Å². The molecule has 0 saturated carbocycles. The van der Waals surface area contributed by atoms with Gasteiger partial charge in [0.2, 0.25) is 0 Å². The molecule has 1 amide bonds. The van der Waals surface area contributed by atoms with Gasteiger partial charge in [-0.05, 0) is 102 Å². The Morgan fingerprint density at radius 2 is 1.47 bits per heavy atom. The van der Waals surface area contributed by atoms with Crippen LogP contribution in [0.15, 0.2) is 72.8 Å². The third-order valence-electron chi connectivity index (χ3n) is 10.6. The van der Waals surface area contributed by atoms with Gasteiger partial charge < -0.3 is 37.6 Å². The second kappa shape index (κ2) is 19.4. The van der Waals surface area contributed by atoms with Crippen molar-refractivity contribution in [2.45, 2.75) is 124 Å². The first-order valence-corrected chi connectivity index (χ1v) is 22.1. The fraction of sp³-hybridized carbons (Fsp3) is 0.543. The zero-order valence-electron chi connectivity index (χ0n) is 36.7. The Labute approximate surface area is 344 Å². The van der Waals surface area contributed by atoms with E-state index in [1.165, 1.54) is 10.4 Å².